The summed E-state index contributed by atoms with van der Waals surface area (Å²) in [5, 5.41) is 0. The van der Waals surface area contributed by atoms with Gasteiger partial charge in [-0.25, -0.2) is 0 Å². The molecular formula is C28H43F3O3. The standard InChI is InChI=1S/C28H43F3O3/c1-16-9-12-23(33-18(3)32)26(4,5)20(16)11-10-19-8-7-13-27(6)21(19)15-22-25(27)17(2)14-24(34-22)28(29,30)31/h14,16-17,19-23,25H,7-13,15H2,1-6H3/t16?,17-,19+,20?,21?,22?,23+,25?,27+/m1/s1. The average Bonchev–Trinajstić information content (AvgIpc) is 3.02. The van der Waals surface area contributed by atoms with E-state index in [9.17, 15) is 18.0 Å². The minimum absolute atomic E-state index is 0.0363. The second kappa shape index (κ2) is 9.03. The van der Waals surface area contributed by atoms with Crippen LogP contribution in [0.4, 0.5) is 13.2 Å². The number of halogens is 3. The fourth-order valence-electron chi connectivity index (χ4n) is 8.90. The zero-order valence-corrected chi connectivity index (χ0v) is 21.7. The topological polar surface area (TPSA) is 35.5 Å². The lowest BCUT2D eigenvalue weighted by Crippen LogP contribution is -2.46. The molecule has 0 spiro atoms. The maximum Gasteiger partial charge on any atom is 0.448 e. The van der Waals surface area contributed by atoms with Crippen molar-refractivity contribution in [3.05, 3.63) is 11.8 Å². The van der Waals surface area contributed by atoms with Gasteiger partial charge in [0, 0.05) is 18.3 Å². The molecule has 0 saturated heterocycles. The number of esters is 1. The van der Waals surface area contributed by atoms with E-state index in [-0.39, 0.29) is 40.8 Å². The van der Waals surface area contributed by atoms with Crippen molar-refractivity contribution < 1.29 is 27.4 Å². The third-order valence-corrected chi connectivity index (χ3v) is 10.4. The van der Waals surface area contributed by atoms with E-state index in [1.165, 1.54) is 13.0 Å². The Morgan fingerprint density at radius 3 is 2.50 bits per heavy atom. The molecule has 194 valence electrons. The largest absolute Gasteiger partial charge is 0.486 e. The van der Waals surface area contributed by atoms with Crippen LogP contribution in [0.25, 0.3) is 0 Å². The lowest BCUT2D eigenvalue weighted by molar-refractivity contribution is -0.162. The van der Waals surface area contributed by atoms with Crippen LogP contribution in [0, 0.1) is 46.3 Å². The summed E-state index contributed by atoms with van der Waals surface area (Å²) in [5.41, 5.74) is -0.0390. The van der Waals surface area contributed by atoms with Gasteiger partial charge >= 0.3 is 12.1 Å². The molecule has 0 radical (unpaired) electrons. The van der Waals surface area contributed by atoms with Crippen molar-refractivity contribution in [3.63, 3.8) is 0 Å². The highest BCUT2D eigenvalue weighted by molar-refractivity contribution is 5.66. The number of hydrogen-bond donors (Lipinski definition) is 0. The fourth-order valence-corrected chi connectivity index (χ4v) is 8.90. The van der Waals surface area contributed by atoms with Gasteiger partial charge in [0.1, 0.15) is 12.2 Å². The number of carbonyl (C=O) groups is 1. The van der Waals surface area contributed by atoms with E-state index in [0.717, 1.165) is 51.4 Å². The van der Waals surface area contributed by atoms with Gasteiger partial charge in [0.2, 0.25) is 0 Å². The summed E-state index contributed by atoms with van der Waals surface area (Å²) in [4.78, 5) is 11.7. The number of carbonyl (C=O) groups excluding carboxylic acids is 1. The highest BCUT2D eigenvalue weighted by atomic mass is 19.4. The lowest BCUT2D eigenvalue weighted by atomic mass is 9.56. The monoisotopic (exact) mass is 484 g/mol. The van der Waals surface area contributed by atoms with Crippen molar-refractivity contribution in [2.24, 2.45) is 46.3 Å². The number of allylic oxidation sites excluding steroid dienone is 2. The van der Waals surface area contributed by atoms with Gasteiger partial charge in [0.25, 0.3) is 0 Å². The van der Waals surface area contributed by atoms with Crippen molar-refractivity contribution in [3.8, 4) is 0 Å². The van der Waals surface area contributed by atoms with Crippen molar-refractivity contribution in [2.75, 3.05) is 0 Å². The molecule has 34 heavy (non-hydrogen) atoms. The maximum atomic E-state index is 13.4. The lowest BCUT2D eigenvalue weighted by Gasteiger charge is -2.50. The van der Waals surface area contributed by atoms with Gasteiger partial charge in [-0.3, -0.25) is 4.79 Å². The van der Waals surface area contributed by atoms with E-state index in [4.69, 9.17) is 9.47 Å². The van der Waals surface area contributed by atoms with Gasteiger partial charge in [-0.15, -0.1) is 0 Å². The molecule has 0 aromatic rings. The Bertz CT molecular complexity index is 803. The smallest absolute Gasteiger partial charge is 0.448 e. The molecule has 6 heteroatoms. The van der Waals surface area contributed by atoms with Gasteiger partial charge in [-0.2, -0.15) is 13.2 Å². The minimum Gasteiger partial charge on any atom is -0.486 e. The first kappa shape index (κ1) is 25.9. The number of ether oxygens (including phenoxy) is 2. The van der Waals surface area contributed by atoms with Crippen LogP contribution >= 0.6 is 0 Å². The molecule has 3 saturated carbocycles. The second-order valence-corrected chi connectivity index (χ2v) is 12.7. The fraction of sp³-hybridized carbons (Fsp3) is 0.893. The predicted octanol–water partition coefficient (Wildman–Crippen LogP) is 7.69. The Hall–Kier alpha value is -1.20. The number of alkyl halides is 3. The van der Waals surface area contributed by atoms with E-state index < -0.39 is 11.9 Å². The van der Waals surface area contributed by atoms with E-state index in [0.29, 0.717) is 23.7 Å². The van der Waals surface area contributed by atoms with Crippen molar-refractivity contribution >= 4 is 5.97 Å². The zero-order valence-electron chi connectivity index (χ0n) is 21.7. The summed E-state index contributed by atoms with van der Waals surface area (Å²) in [5.74, 6) is 1.02. The summed E-state index contributed by atoms with van der Waals surface area (Å²) < 4.78 is 51.7. The summed E-state index contributed by atoms with van der Waals surface area (Å²) in [6, 6.07) is 0. The van der Waals surface area contributed by atoms with Gasteiger partial charge in [0.05, 0.1) is 0 Å². The van der Waals surface area contributed by atoms with E-state index >= 15 is 0 Å². The van der Waals surface area contributed by atoms with Gasteiger partial charge in [-0.1, -0.05) is 47.5 Å². The molecule has 4 aliphatic rings. The Balaban J connectivity index is 1.48. The normalized spacial score (nSPS) is 43.9. The minimum atomic E-state index is -4.41. The highest BCUT2D eigenvalue weighted by Crippen LogP contribution is 2.63. The van der Waals surface area contributed by atoms with Crippen LogP contribution in [-0.4, -0.2) is 24.4 Å². The average molecular weight is 485 g/mol. The zero-order chi connectivity index (χ0) is 25.1. The van der Waals surface area contributed by atoms with Gasteiger partial charge in [-0.05, 0) is 79.6 Å². The Morgan fingerprint density at radius 2 is 1.85 bits per heavy atom. The number of rotatable bonds is 4. The molecule has 0 N–H and O–H groups in total. The van der Waals surface area contributed by atoms with Gasteiger partial charge in [0.15, 0.2) is 5.76 Å². The first-order valence-corrected chi connectivity index (χ1v) is 13.4. The van der Waals surface area contributed by atoms with E-state index in [1.54, 1.807) is 0 Å². The Labute approximate surface area is 203 Å². The van der Waals surface area contributed by atoms with Crippen molar-refractivity contribution in [1.82, 2.24) is 0 Å². The number of hydrogen-bond acceptors (Lipinski definition) is 3. The van der Waals surface area contributed by atoms with Crippen LogP contribution in [0.3, 0.4) is 0 Å². The van der Waals surface area contributed by atoms with E-state index in [1.807, 2.05) is 6.92 Å². The van der Waals surface area contributed by atoms with Crippen LogP contribution in [0.2, 0.25) is 0 Å². The summed E-state index contributed by atoms with van der Waals surface area (Å²) >= 11 is 0. The van der Waals surface area contributed by atoms with Crippen LogP contribution in [-0.2, 0) is 14.3 Å². The van der Waals surface area contributed by atoms with Crippen molar-refractivity contribution in [1.29, 1.82) is 0 Å². The van der Waals surface area contributed by atoms with Crippen LogP contribution < -0.4 is 0 Å². The van der Waals surface area contributed by atoms with E-state index in [2.05, 4.69) is 27.7 Å². The molecule has 3 aliphatic carbocycles. The molecule has 0 aromatic heterocycles. The first-order chi connectivity index (χ1) is 15.7. The molecule has 0 amide bonds. The molecule has 5 unspecified atom stereocenters. The molecule has 9 atom stereocenters. The molecule has 3 fully saturated rings. The summed E-state index contributed by atoms with van der Waals surface area (Å²) in [7, 11) is 0. The first-order valence-electron chi connectivity index (χ1n) is 13.4. The SMILES string of the molecule is CC(=O)O[C@H]1CCC(C)C(CC[C@@H]2CCC[C@@]3(C)C2CC2OC(C(F)(F)F)=C[C@@H](C)C23)C1(C)C. The third-order valence-electron chi connectivity index (χ3n) is 10.4. The molecule has 0 bridgehead atoms. The summed E-state index contributed by atoms with van der Waals surface area (Å²) in [6.07, 6.45) is 4.84. The maximum absolute atomic E-state index is 13.4. The summed E-state index contributed by atoms with van der Waals surface area (Å²) in [6.45, 7) is 12.6. The highest BCUT2D eigenvalue weighted by Gasteiger charge is 2.60. The molecule has 3 nitrogen and oxygen atoms in total. The quantitative estimate of drug-likeness (QED) is 0.384. The second-order valence-electron chi connectivity index (χ2n) is 12.7. The van der Waals surface area contributed by atoms with Crippen LogP contribution in [0.15, 0.2) is 11.8 Å². The third kappa shape index (κ3) is 4.52. The molecule has 1 heterocycles. The molecule has 1 aliphatic heterocycles. The van der Waals surface area contributed by atoms with Crippen LogP contribution in [0.5, 0.6) is 0 Å². The number of fused-ring (bicyclic) bond motifs is 3. The van der Waals surface area contributed by atoms with Gasteiger partial charge < -0.3 is 9.47 Å². The predicted molar refractivity (Wildman–Crippen MR) is 126 cm³/mol. The molecule has 4 rings (SSSR count). The molecular weight excluding hydrogens is 441 g/mol. The van der Waals surface area contributed by atoms with Crippen molar-refractivity contribution in [2.45, 2.75) is 111 Å². The Kier molecular flexibility index (Phi) is 6.87. The molecule has 0 aromatic carbocycles. The van der Waals surface area contributed by atoms with Crippen LogP contribution in [0.1, 0.15) is 92.9 Å². The Morgan fingerprint density at radius 1 is 1.15 bits per heavy atom.